The van der Waals surface area contributed by atoms with E-state index in [0.717, 1.165) is 36.4 Å². The molecule has 43 heavy (non-hydrogen) atoms. The summed E-state index contributed by atoms with van der Waals surface area (Å²) in [6, 6.07) is 3.69. The normalized spacial score (nSPS) is 24.3. The number of carboxylic acid groups (broad SMARTS) is 2. The Labute approximate surface area is 247 Å². The average Bonchev–Trinajstić information content (AvgIpc) is 3.66. The predicted octanol–water partition coefficient (Wildman–Crippen LogP) is 0.764. The van der Waals surface area contributed by atoms with E-state index in [1.807, 2.05) is 0 Å². The minimum absolute atomic E-state index is 0.115. The molecule has 7 N–H and O–H groups in total. The lowest BCUT2D eigenvalue weighted by Gasteiger charge is -2.31. The molecular formula is C24H28ClN6O11P. The van der Waals surface area contributed by atoms with E-state index in [0.29, 0.717) is 11.2 Å². The Morgan fingerprint density at radius 1 is 1.14 bits per heavy atom. The Morgan fingerprint density at radius 2 is 1.86 bits per heavy atom. The highest BCUT2D eigenvalue weighted by molar-refractivity contribution is 7.54. The van der Waals surface area contributed by atoms with Crippen LogP contribution in [-0.2, 0) is 25.3 Å². The molecule has 2 unspecified atom stereocenters. The molecule has 19 heteroatoms. The van der Waals surface area contributed by atoms with Gasteiger partial charge in [-0.2, -0.15) is 15.1 Å². The van der Waals surface area contributed by atoms with Crippen molar-refractivity contribution in [2.45, 2.75) is 68.0 Å². The van der Waals surface area contributed by atoms with Crippen molar-refractivity contribution in [2.75, 3.05) is 11.9 Å². The predicted molar refractivity (Wildman–Crippen MR) is 145 cm³/mol. The Kier molecular flexibility index (Phi) is 8.70. The summed E-state index contributed by atoms with van der Waals surface area (Å²) < 4.78 is 24.7. The van der Waals surface area contributed by atoms with Gasteiger partial charge in [-0.1, -0.05) is 18.9 Å². The second kappa shape index (κ2) is 12.0. The molecule has 5 atom stereocenters. The molecule has 0 radical (unpaired) electrons. The van der Waals surface area contributed by atoms with Gasteiger partial charge in [0.25, 0.3) is 5.34 Å². The van der Waals surface area contributed by atoms with E-state index in [4.69, 9.17) is 21.1 Å². The number of halogens is 1. The molecule has 232 valence electrons. The van der Waals surface area contributed by atoms with Gasteiger partial charge in [0.2, 0.25) is 5.28 Å². The summed E-state index contributed by atoms with van der Waals surface area (Å²) in [7, 11) is -5.64. The van der Waals surface area contributed by atoms with Crippen LogP contribution in [0.1, 0.15) is 48.1 Å². The third kappa shape index (κ3) is 6.07. The van der Waals surface area contributed by atoms with Crippen molar-refractivity contribution in [1.29, 1.82) is 0 Å². The number of carboxylic acids is 2. The van der Waals surface area contributed by atoms with Crippen molar-refractivity contribution in [3.05, 3.63) is 41.1 Å². The molecule has 1 aliphatic heterocycles. The first-order valence-electron chi connectivity index (χ1n) is 13.1. The number of nitrogens with zero attached hydrogens (tertiary/aromatic N) is 5. The fourth-order valence-corrected chi connectivity index (χ4v) is 6.21. The Bertz CT molecular complexity index is 1580. The Hall–Kier alpha value is -3.28. The van der Waals surface area contributed by atoms with Crippen molar-refractivity contribution in [1.82, 2.24) is 24.7 Å². The van der Waals surface area contributed by atoms with Gasteiger partial charge in [-0.3, -0.25) is 4.57 Å². The van der Waals surface area contributed by atoms with Crippen LogP contribution in [0.2, 0.25) is 5.28 Å². The van der Waals surface area contributed by atoms with Gasteiger partial charge in [-0.15, -0.1) is 0 Å². The number of hydrogen-bond acceptors (Lipinski definition) is 12. The minimum atomic E-state index is -5.64. The summed E-state index contributed by atoms with van der Waals surface area (Å²) in [5.74, 6) is -3.09. The van der Waals surface area contributed by atoms with E-state index in [9.17, 15) is 44.4 Å². The van der Waals surface area contributed by atoms with Crippen molar-refractivity contribution in [2.24, 2.45) is 0 Å². The summed E-state index contributed by atoms with van der Waals surface area (Å²) in [4.78, 5) is 55.9. The zero-order valence-corrected chi connectivity index (χ0v) is 23.9. The minimum Gasteiger partial charge on any atom is -0.479 e. The highest BCUT2D eigenvalue weighted by Gasteiger charge is 2.57. The zero-order valence-electron chi connectivity index (χ0n) is 22.2. The molecule has 17 nitrogen and oxygen atoms in total. The molecule has 4 heterocycles. The fourth-order valence-electron chi connectivity index (χ4n) is 5.19. The number of carbonyl (C=O) groups is 2. The maximum atomic E-state index is 12.5. The lowest BCUT2D eigenvalue weighted by molar-refractivity contribution is -0.163. The van der Waals surface area contributed by atoms with Gasteiger partial charge in [-0.05, 0) is 36.6 Å². The number of hydrogen-bond donors (Lipinski definition) is 7. The van der Waals surface area contributed by atoms with Crippen LogP contribution in [0.5, 0.6) is 0 Å². The number of rotatable bonds is 11. The van der Waals surface area contributed by atoms with Crippen LogP contribution >= 0.6 is 19.2 Å². The molecule has 0 spiro atoms. The maximum Gasteiger partial charge on any atom is 0.369 e. The first-order valence-corrected chi connectivity index (χ1v) is 15.1. The second-order valence-electron chi connectivity index (χ2n) is 10.3. The SMILES string of the molecule is O=C(O)c1cccc(CC(OCC2O[C@@H](n3ncc4c(NC5CCCC5)nc(Cl)nc43)[C@H](O)[C@@H]2O)(C(=O)O)P(=O)(O)O)n1. The molecule has 0 amide bonds. The van der Waals surface area contributed by atoms with E-state index in [1.54, 1.807) is 0 Å². The summed E-state index contributed by atoms with van der Waals surface area (Å²) in [6.07, 6.45) is -1.81. The molecule has 1 aliphatic carbocycles. The third-order valence-corrected chi connectivity index (χ3v) is 9.03. The Morgan fingerprint density at radius 3 is 2.51 bits per heavy atom. The summed E-state index contributed by atoms with van der Waals surface area (Å²) in [5, 5.41) is 45.3. The van der Waals surface area contributed by atoms with E-state index in [-0.39, 0.29) is 22.7 Å². The van der Waals surface area contributed by atoms with E-state index >= 15 is 0 Å². The number of aromatic carboxylic acids is 1. The van der Waals surface area contributed by atoms with Gasteiger partial charge in [0.15, 0.2) is 11.9 Å². The molecular weight excluding hydrogens is 615 g/mol. The average molecular weight is 643 g/mol. The van der Waals surface area contributed by atoms with Gasteiger partial charge < -0.3 is 45.0 Å². The number of aliphatic hydroxyl groups is 2. The first-order chi connectivity index (χ1) is 20.3. The molecule has 1 saturated heterocycles. The van der Waals surface area contributed by atoms with Crippen LogP contribution < -0.4 is 5.32 Å². The van der Waals surface area contributed by atoms with Crippen molar-refractivity contribution >= 4 is 48.0 Å². The zero-order chi connectivity index (χ0) is 31.1. The largest absolute Gasteiger partial charge is 0.479 e. The van der Waals surface area contributed by atoms with Crippen molar-refractivity contribution < 1.29 is 53.8 Å². The van der Waals surface area contributed by atoms with Crippen LogP contribution in [-0.4, -0.2) is 103 Å². The highest BCUT2D eigenvalue weighted by atomic mass is 35.5. The summed E-state index contributed by atoms with van der Waals surface area (Å²) >= 11 is 6.16. The standard InChI is InChI=1S/C24H28ClN6O11P/c25-23-29-18(28-11-4-1-2-5-11)13-9-26-31(19(13)30-23)20-17(33)16(32)15(42-20)10-41-24(22(36)37,43(38,39)40)8-12-6-3-7-14(27-12)21(34)35/h3,6-7,9,11,15-17,20,32-33H,1-2,4-5,8,10H2,(H,34,35)(H,36,37)(H,28,29,30)(H2,38,39,40)/t15?,16-,17-,20-,24?/m1/s1. The molecule has 0 aromatic carbocycles. The summed E-state index contributed by atoms with van der Waals surface area (Å²) in [6.45, 7) is -0.909. The summed E-state index contributed by atoms with van der Waals surface area (Å²) in [5.41, 5.74) is -0.615. The monoisotopic (exact) mass is 642 g/mol. The van der Waals surface area contributed by atoms with Gasteiger partial charge in [0.05, 0.1) is 18.2 Å². The number of pyridine rings is 1. The van der Waals surface area contributed by atoms with E-state index < -0.39 is 68.1 Å². The van der Waals surface area contributed by atoms with E-state index in [2.05, 4.69) is 25.4 Å². The maximum absolute atomic E-state index is 12.5. The number of nitrogens with one attached hydrogen (secondary N) is 1. The second-order valence-corrected chi connectivity index (χ2v) is 12.4. The molecule has 5 rings (SSSR count). The van der Waals surface area contributed by atoms with E-state index in [1.165, 1.54) is 18.3 Å². The number of ether oxygens (including phenoxy) is 2. The van der Waals surface area contributed by atoms with Gasteiger partial charge in [-0.25, -0.2) is 19.3 Å². The van der Waals surface area contributed by atoms with Crippen LogP contribution in [0.25, 0.3) is 11.0 Å². The third-order valence-electron chi connectivity index (χ3n) is 7.44. The van der Waals surface area contributed by atoms with Gasteiger partial charge in [0, 0.05) is 18.2 Å². The lowest BCUT2D eigenvalue weighted by Crippen LogP contribution is -2.46. The first kappa shape index (κ1) is 31.2. The molecule has 2 fully saturated rings. The van der Waals surface area contributed by atoms with Crippen molar-refractivity contribution in [3.63, 3.8) is 0 Å². The van der Waals surface area contributed by atoms with Gasteiger partial charge in [0.1, 0.15) is 29.8 Å². The quantitative estimate of drug-likeness (QED) is 0.112. The van der Waals surface area contributed by atoms with Gasteiger partial charge >= 0.3 is 19.5 Å². The number of fused-ring (bicyclic) bond motifs is 1. The topological polar surface area (TPSA) is 260 Å². The smallest absolute Gasteiger partial charge is 0.369 e. The molecule has 0 bridgehead atoms. The lowest BCUT2D eigenvalue weighted by atomic mass is 10.1. The Balaban J connectivity index is 1.39. The molecule has 3 aromatic rings. The molecule has 2 aliphatic rings. The number of aliphatic hydroxyl groups excluding tert-OH is 2. The van der Waals surface area contributed by atoms with Crippen molar-refractivity contribution in [3.8, 4) is 0 Å². The van der Waals surface area contributed by atoms with Crippen LogP contribution in [0.4, 0.5) is 5.82 Å². The van der Waals surface area contributed by atoms with Crippen LogP contribution in [0.3, 0.4) is 0 Å². The number of aliphatic carboxylic acids is 1. The molecule has 1 saturated carbocycles. The molecule has 3 aromatic heterocycles. The highest BCUT2D eigenvalue weighted by Crippen LogP contribution is 2.53. The number of anilines is 1. The fraction of sp³-hybridized carbons (Fsp3) is 0.500. The van der Waals surface area contributed by atoms with Crippen LogP contribution in [0, 0.1) is 0 Å². The number of aromatic nitrogens is 5. The van der Waals surface area contributed by atoms with Crippen LogP contribution in [0.15, 0.2) is 24.4 Å².